The minimum absolute atomic E-state index is 0.0869. The zero-order chi connectivity index (χ0) is 18.4. The Morgan fingerprint density at radius 3 is 2.38 bits per heavy atom. The molecule has 0 spiro atoms. The van der Waals surface area contributed by atoms with Crippen LogP contribution in [0.3, 0.4) is 0 Å². The molecular weight excluding hydrogens is 352 g/mol. The summed E-state index contributed by atoms with van der Waals surface area (Å²) in [5.74, 6) is 1.18. The van der Waals surface area contributed by atoms with Crippen LogP contribution in [0.2, 0.25) is 5.02 Å². The predicted octanol–water partition coefficient (Wildman–Crippen LogP) is 4.48. The molecule has 0 aliphatic carbocycles. The molecule has 0 radical (unpaired) electrons. The van der Waals surface area contributed by atoms with Crippen molar-refractivity contribution in [2.75, 3.05) is 25.0 Å². The summed E-state index contributed by atoms with van der Waals surface area (Å²) in [5, 5.41) is 3.53. The monoisotopic (exact) mass is 372 g/mol. The largest absolute Gasteiger partial charge is 0.493 e. The summed E-state index contributed by atoms with van der Waals surface area (Å²) in [6.07, 6.45) is 2.62. The van der Waals surface area contributed by atoms with E-state index in [0.717, 1.165) is 30.6 Å². The van der Waals surface area contributed by atoms with Gasteiger partial charge in [-0.15, -0.1) is 0 Å². The number of hydrogen-bond acceptors (Lipinski definition) is 3. The molecule has 1 saturated heterocycles. The molecule has 0 unspecified atom stereocenters. The van der Waals surface area contributed by atoms with E-state index in [1.165, 1.54) is 0 Å². The normalized spacial score (nSPS) is 14.7. The molecule has 3 rings (SSSR count). The molecule has 0 aromatic heterocycles. The van der Waals surface area contributed by atoms with Crippen LogP contribution < -0.4 is 10.1 Å². The topological polar surface area (TPSA) is 58.6 Å². The van der Waals surface area contributed by atoms with Gasteiger partial charge in [-0.25, -0.2) is 4.79 Å². The van der Waals surface area contributed by atoms with Gasteiger partial charge in [-0.3, -0.25) is 4.79 Å². The Morgan fingerprint density at radius 2 is 1.77 bits per heavy atom. The number of nitrogens with zero attached hydrogens (tertiary/aromatic N) is 1. The Hall–Kier alpha value is -2.53. The highest BCUT2D eigenvalue weighted by Gasteiger charge is 2.23. The van der Waals surface area contributed by atoms with Crippen LogP contribution in [0.4, 0.5) is 10.5 Å². The molecule has 1 aliphatic rings. The van der Waals surface area contributed by atoms with E-state index in [0.29, 0.717) is 36.2 Å². The molecule has 6 heteroatoms. The summed E-state index contributed by atoms with van der Waals surface area (Å²) in [6.45, 7) is 2.03. The van der Waals surface area contributed by atoms with Crippen molar-refractivity contribution in [3.63, 3.8) is 0 Å². The fourth-order valence-electron chi connectivity index (χ4n) is 2.90. The second-order valence-corrected chi connectivity index (χ2v) is 6.80. The summed E-state index contributed by atoms with van der Waals surface area (Å²) >= 11 is 5.85. The van der Waals surface area contributed by atoms with Gasteiger partial charge in [-0.1, -0.05) is 11.6 Å². The Kier molecular flexibility index (Phi) is 6.12. The molecule has 1 heterocycles. The third-order valence-corrected chi connectivity index (χ3v) is 4.75. The number of aldehydes is 1. The van der Waals surface area contributed by atoms with E-state index in [1.54, 1.807) is 48.5 Å². The lowest BCUT2D eigenvalue weighted by Crippen LogP contribution is -2.42. The van der Waals surface area contributed by atoms with E-state index in [2.05, 4.69) is 5.32 Å². The first-order valence-electron chi connectivity index (χ1n) is 8.63. The number of amides is 2. The number of carbonyl (C=O) groups is 2. The average molecular weight is 373 g/mol. The number of ether oxygens (including phenoxy) is 1. The molecule has 0 atom stereocenters. The molecule has 0 bridgehead atoms. The molecule has 1 aliphatic heterocycles. The molecule has 2 aromatic rings. The van der Waals surface area contributed by atoms with Crippen molar-refractivity contribution >= 4 is 29.6 Å². The lowest BCUT2D eigenvalue weighted by atomic mass is 9.98. The van der Waals surface area contributed by atoms with Crippen LogP contribution in [-0.2, 0) is 0 Å². The maximum Gasteiger partial charge on any atom is 0.321 e. The summed E-state index contributed by atoms with van der Waals surface area (Å²) in [4.78, 5) is 24.8. The van der Waals surface area contributed by atoms with E-state index in [4.69, 9.17) is 16.3 Å². The second-order valence-electron chi connectivity index (χ2n) is 6.37. The Morgan fingerprint density at radius 1 is 1.12 bits per heavy atom. The van der Waals surface area contributed by atoms with Gasteiger partial charge in [-0.05, 0) is 67.3 Å². The summed E-state index contributed by atoms with van der Waals surface area (Å²) < 4.78 is 5.80. The Bertz CT molecular complexity index is 739. The van der Waals surface area contributed by atoms with Gasteiger partial charge in [0.15, 0.2) is 0 Å². The van der Waals surface area contributed by atoms with Crippen molar-refractivity contribution in [2.45, 2.75) is 12.8 Å². The van der Waals surface area contributed by atoms with Gasteiger partial charge >= 0.3 is 6.03 Å². The molecule has 2 aromatic carbocycles. The molecule has 136 valence electrons. The molecular formula is C20H21ClN2O3. The molecule has 2 amide bonds. The number of halogens is 1. The number of nitrogens with one attached hydrogen (secondary N) is 1. The quantitative estimate of drug-likeness (QED) is 0.787. The molecule has 0 saturated carbocycles. The van der Waals surface area contributed by atoms with Gasteiger partial charge in [0.25, 0.3) is 0 Å². The van der Waals surface area contributed by atoms with E-state index in [9.17, 15) is 9.59 Å². The standard InChI is InChI=1S/C20H21ClN2O3/c21-17-3-5-18(6-4-17)22-20(25)23-11-9-16(10-12-23)14-26-19-7-1-15(13-24)2-8-19/h1-8,13,16H,9-12,14H2,(H,22,25). The van der Waals surface area contributed by atoms with Crippen molar-refractivity contribution in [3.8, 4) is 5.75 Å². The van der Waals surface area contributed by atoms with Crippen LogP contribution in [0.5, 0.6) is 5.75 Å². The zero-order valence-electron chi connectivity index (χ0n) is 14.4. The van der Waals surface area contributed by atoms with Crippen LogP contribution in [0.25, 0.3) is 0 Å². The van der Waals surface area contributed by atoms with Crippen LogP contribution >= 0.6 is 11.6 Å². The maximum absolute atomic E-state index is 12.3. The lowest BCUT2D eigenvalue weighted by molar-refractivity contribution is 0.112. The van der Waals surface area contributed by atoms with E-state index in [-0.39, 0.29) is 6.03 Å². The van der Waals surface area contributed by atoms with E-state index >= 15 is 0 Å². The Balaban J connectivity index is 1.42. The van der Waals surface area contributed by atoms with E-state index in [1.807, 2.05) is 4.90 Å². The Labute approximate surface area is 157 Å². The zero-order valence-corrected chi connectivity index (χ0v) is 15.1. The molecule has 5 nitrogen and oxygen atoms in total. The number of urea groups is 1. The van der Waals surface area contributed by atoms with Crippen molar-refractivity contribution < 1.29 is 14.3 Å². The van der Waals surface area contributed by atoms with Crippen LogP contribution in [0.1, 0.15) is 23.2 Å². The third kappa shape index (κ3) is 4.99. The number of rotatable bonds is 5. The van der Waals surface area contributed by atoms with Crippen molar-refractivity contribution in [3.05, 3.63) is 59.1 Å². The number of likely N-dealkylation sites (tertiary alicyclic amines) is 1. The van der Waals surface area contributed by atoms with Gasteiger partial charge in [0, 0.05) is 29.4 Å². The van der Waals surface area contributed by atoms with Gasteiger partial charge < -0.3 is 15.0 Å². The minimum atomic E-state index is -0.0869. The van der Waals surface area contributed by atoms with Crippen molar-refractivity contribution in [2.24, 2.45) is 5.92 Å². The first-order valence-corrected chi connectivity index (χ1v) is 9.01. The number of carbonyl (C=O) groups excluding carboxylic acids is 2. The summed E-state index contributed by atoms with van der Waals surface area (Å²) in [7, 11) is 0. The van der Waals surface area contributed by atoms with Gasteiger partial charge in [-0.2, -0.15) is 0 Å². The maximum atomic E-state index is 12.3. The highest BCUT2D eigenvalue weighted by Crippen LogP contribution is 2.21. The predicted molar refractivity (Wildman–Crippen MR) is 102 cm³/mol. The van der Waals surface area contributed by atoms with Gasteiger partial charge in [0.2, 0.25) is 0 Å². The number of anilines is 1. The van der Waals surface area contributed by atoms with Crippen molar-refractivity contribution in [1.82, 2.24) is 4.90 Å². The SMILES string of the molecule is O=Cc1ccc(OCC2CCN(C(=O)Nc3ccc(Cl)cc3)CC2)cc1. The first kappa shape index (κ1) is 18.3. The van der Waals surface area contributed by atoms with Gasteiger partial charge in [0.1, 0.15) is 12.0 Å². The van der Waals surface area contributed by atoms with Crippen LogP contribution in [0.15, 0.2) is 48.5 Å². The first-order chi connectivity index (χ1) is 12.6. The average Bonchev–Trinajstić information content (AvgIpc) is 2.69. The number of piperidine rings is 1. The summed E-state index contributed by atoms with van der Waals surface area (Å²) in [6, 6.07) is 14.1. The summed E-state index contributed by atoms with van der Waals surface area (Å²) in [5.41, 5.74) is 1.38. The second kappa shape index (κ2) is 8.72. The minimum Gasteiger partial charge on any atom is -0.493 e. The molecule has 1 fully saturated rings. The lowest BCUT2D eigenvalue weighted by Gasteiger charge is -2.31. The highest BCUT2D eigenvalue weighted by molar-refractivity contribution is 6.30. The third-order valence-electron chi connectivity index (χ3n) is 4.50. The highest BCUT2D eigenvalue weighted by atomic mass is 35.5. The van der Waals surface area contributed by atoms with E-state index < -0.39 is 0 Å². The van der Waals surface area contributed by atoms with Gasteiger partial charge in [0.05, 0.1) is 6.61 Å². The molecule has 26 heavy (non-hydrogen) atoms. The number of benzene rings is 2. The fraction of sp³-hybridized carbons (Fsp3) is 0.300. The fourth-order valence-corrected chi connectivity index (χ4v) is 3.02. The smallest absolute Gasteiger partial charge is 0.321 e. The number of hydrogen-bond donors (Lipinski definition) is 1. The van der Waals surface area contributed by atoms with Crippen molar-refractivity contribution in [1.29, 1.82) is 0 Å². The van der Waals surface area contributed by atoms with Crippen LogP contribution in [-0.4, -0.2) is 36.9 Å². The van der Waals surface area contributed by atoms with Crippen LogP contribution in [0, 0.1) is 5.92 Å². The molecule has 1 N–H and O–H groups in total.